The van der Waals surface area contributed by atoms with Crippen molar-refractivity contribution in [3.63, 3.8) is 0 Å². The molecule has 130 valence electrons. The first-order valence-electron chi connectivity index (χ1n) is 8.35. The molecule has 1 aromatic rings. The lowest BCUT2D eigenvalue weighted by atomic mass is 10.2. The van der Waals surface area contributed by atoms with E-state index in [2.05, 4.69) is 4.90 Å². The van der Waals surface area contributed by atoms with Crippen LogP contribution >= 0.6 is 0 Å². The van der Waals surface area contributed by atoms with E-state index in [0.29, 0.717) is 52.5 Å². The van der Waals surface area contributed by atoms with Gasteiger partial charge in [0, 0.05) is 26.2 Å². The van der Waals surface area contributed by atoms with Gasteiger partial charge in [0.2, 0.25) is 5.91 Å². The number of ether oxygens (including phenoxy) is 2. The Morgan fingerprint density at radius 3 is 2.54 bits per heavy atom. The SMILES string of the molecule is CCOC(=O)N1CCN(C(=O)CN2CCOc3ccccc32)CC1. The number of piperazine rings is 1. The molecular weight excluding hydrogens is 310 g/mol. The average molecular weight is 333 g/mol. The van der Waals surface area contributed by atoms with Crippen molar-refractivity contribution in [1.82, 2.24) is 9.80 Å². The van der Waals surface area contributed by atoms with Gasteiger partial charge < -0.3 is 24.2 Å². The number of rotatable bonds is 3. The van der Waals surface area contributed by atoms with Crippen molar-refractivity contribution in [2.45, 2.75) is 6.92 Å². The first-order chi connectivity index (χ1) is 11.7. The first-order valence-corrected chi connectivity index (χ1v) is 8.35. The summed E-state index contributed by atoms with van der Waals surface area (Å²) < 4.78 is 10.6. The van der Waals surface area contributed by atoms with E-state index < -0.39 is 0 Å². The molecule has 0 spiro atoms. The molecule has 1 saturated heterocycles. The summed E-state index contributed by atoms with van der Waals surface area (Å²) in [5, 5.41) is 0. The van der Waals surface area contributed by atoms with E-state index in [0.717, 1.165) is 11.4 Å². The van der Waals surface area contributed by atoms with Crippen LogP contribution in [0.4, 0.5) is 10.5 Å². The maximum atomic E-state index is 12.6. The van der Waals surface area contributed by atoms with E-state index in [1.54, 1.807) is 11.8 Å². The molecule has 0 bridgehead atoms. The summed E-state index contributed by atoms with van der Waals surface area (Å²) in [7, 11) is 0. The fourth-order valence-electron chi connectivity index (χ4n) is 3.01. The summed E-state index contributed by atoms with van der Waals surface area (Å²) in [5.74, 6) is 0.902. The van der Waals surface area contributed by atoms with Crippen LogP contribution in [-0.4, -0.2) is 74.3 Å². The van der Waals surface area contributed by atoms with Gasteiger partial charge in [-0.3, -0.25) is 4.79 Å². The van der Waals surface area contributed by atoms with Crippen LogP contribution in [0.15, 0.2) is 24.3 Å². The van der Waals surface area contributed by atoms with Crippen LogP contribution < -0.4 is 9.64 Å². The molecule has 1 aromatic carbocycles. The molecule has 3 rings (SSSR count). The van der Waals surface area contributed by atoms with Crippen molar-refractivity contribution in [3.8, 4) is 5.75 Å². The summed E-state index contributed by atoms with van der Waals surface area (Å²) in [5.41, 5.74) is 0.960. The lowest BCUT2D eigenvalue weighted by molar-refractivity contribution is -0.131. The standard InChI is InChI=1S/C17H23N3O4/c1-2-23-17(22)19-9-7-18(8-10-19)16(21)13-20-11-12-24-15-6-4-3-5-14(15)20/h3-6H,2,7-13H2,1H3. The van der Waals surface area contributed by atoms with Crippen LogP contribution in [0.1, 0.15) is 6.92 Å². The summed E-state index contributed by atoms with van der Waals surface area (Å²) in [6.45, 7) is 5.90. The normalized spacial score (nSPS) is 17.1. The van der Waals surface area contributed by atoms with Gasteiger partial charge in [-0.25, -0.2) is 4.79 Å². The van der Waals surface area contributed by atoms with E-state index >= 15 is 0 Å². The molecule has 0 atom stereocenters. The number of hydrogen-bond acceptors (Lipinski definition) is 5. The van der Waals surface area contributed by atoms with E-state index in [-0.39, 0.29) is 12.0 Å². The second-order valence-corrected chi connectivity index (χ2v) is 5.80. The van der Waals surface area contributed by atoms with Crippen molar-refractivity contribution < 1.29 is 19.1 Å². The van der Waals surface area contributed by atoms with E-state index in [1.807, 2.05) is 29.2 Å². The highest BCUT2D eigenvalue weighted by atomic mass is 16.6. The molecular formula is C17H23N3O4. The van der Waals surface area contributed by atoms with Crippen molar-refractivity contribution >= 4 is 17.7 Å². The number of nitrogens with zero attached hydrogens (tertiary/aromatic N) is 3. The topological polar surface area (TPSA) is 62.3 Å². The predicted molar refractivity (Wildman–Crippen MR) is 89.3 cm³/mol. The van der Waals surface area contributed by atoms with Gasteiger partial charge in [0.05, 0.1) is 25.4 Å². The number of carbonyl (C=O) groups is 2. The van der Waals surface area contributed by atoms with Gasteiger partial charge in [0.15, 0.2) is 0 Å². The monoisotopic (exact) mass is 333 g/mol. The van der Waals surface area contributed by atoms with Gasteiger partial charge in [-0.2, -0.15) is 0 Å². The quantitative estimate of drug-likeness (QED) is 0.831. The maximum absolute atomic E-state index is 12.6. The van der Waals surface area contributed by atoms with E-state index in [9.17, 15) is 9.59 Å². The minimum absolute atomic E-state index is 0.0789. The third-order valence-electron chi connectivity index (χ3n) is 4.31. The second kappa shape index (κ2) is 7.42. The maximum Gasteiger partial charge on any atom is 0.409 e. The highest BCUT2D eigenvalue weighted by Gasteiger charge is 2.27. The minimum atomic E-state index is -0.299. The van der Waals surface area contributed by atoms with Gasteiger partial charge in [-0.15, -0.1) is 0 Å². The molecule has 7 nitrogen and oxygen atoms in total. The zero-order chi connectivity index (χ0) is 16.9. The Hall–Kier alpha value is -2.44. The Bertz CT molecular complexity index is 599. The van der Waals surface area contributed by atoms with Gasteiger partial charge in [0.1, 0.15) is 12.4 Å². The molecule has 7 heteroatoms. The largest absolute Gasteiger partial charge is 0.490 e. The van der Waals surface area contributed by atoms with Crippen LogP contribution in [0.2, 0.25) is 0 Å². The second-order valence-electron chi connectivity index (χ2n) is 5.80. The Kier molecular flexibility index (Phi) is 5.08. The van der Waals surface area contributed by atoms with Gasteiger partial charge in [-0.1, -0.05) is 12.1 Å². The molecule has 2 aliphatic heterocycles. The molecule has 0 aromatic heterocycles. The Morgan fingerprint density at radius 1 is 1.08 bits per heavy atom. The Balaban J connectivity index is 1.55. The van der Waals surface area contributed by atoms with Crippen LogP contribution in [0.5, 0.6) is 5.75 Å². The molecule has 0 unspecified atom stereocenters. The number of fused-ring (bicyclic) bond motifs is 1. The number of para-hydroxylation sites is 2. The summed E-state index contributed by atoms with van der Waals surface area (Å²) in [4.78, 5) is 29.8. The van der Waals surface area contributed by atoms with Crippen LogP contribution in [-0.2, 0) is 9.53 Å². The zero-order valence-electron chi connectivity index (χ0n) is 13.9. The van der Waals surface area contributed by atoms with Crippen molar-refractivity contribution in [3.05, 3.63) is 24.3 Å². The smallest absolute Gasteiger partial charge is 0.409 e. The summed E-state index contributed by atoms with van der Waals surface area (Å²) >= 11 is 0. The molecule has 0 N–H and O–H groups in total. The molecule has 2 heterocycles. The molecule has 1 fully saturated rings. The summed E-state index contributed by atoms with van der Waals surface area (Å²) in [6, 6.07) is 7.77. The minimum Gasteiger partial charge on any atom is -0.490 e. The number of hydrogen-bond donors (Lipinski definition) is 0. The first kappa shape index (κ1) is 16.4. The lowest BCUT2D eigenvalue weighted by Crippen LogP contribution is -2.53. The van der Waals surface area contributed by atoms with Crippen molar-refractivity contribution in [2.24, 2.45) is 0 Å². The Labute approximate surface area is 141 Å². The van der Waals surface area contributed by atoms with Crippen LogP contribution in [0.3, 0.4) is 0 Å². The van der Waals surface area contributed by atoms with Gasteiger partial charge in [0.25, 0.3) is 0 Å². The van der Waals surface area contributed by atoms with Crippen molar-refractivity contribution in [2.75, 3.05) is 57.4 Å². The van der Waals surface area contributed by atoms with Gasteiger partial charge >= 0.3 is 6.09 Å². The number of amides is 2. The highest BCUT2D eigenvalue weighted by molar-refractivity contribution is 5.82. The van der Waals surface area contributed by atoms with Gasteiger partial charge in [-0.05, 0) is 19.1 Å². The molecule has 0 aliphatic carbocycles. The van der Waals surface area contributed by atoms with E-state index in [4.69, 9.17) is 9.47 Å². The molecule has 0 saturated carbocycles. The average Bonchev–Trinajstić information content (AvgIpc) is 2.62. The molecule has 0 radical (unpaired) electrons. The van der Waals surface area contributed by atoms with Crippen LogP contribution in [0.25, 0.3) is 0 Å². The molecule has 2 aliphatic rings. The molecule has 2 amide bonds. The van der Waals surface area contributed by atoms with Crippen LogP contribution in [0, 0.1) is 0 Å². The van der Waals surface area contributed by atoms with E-state index in [1.165, 1.54) is 0 Å². The fraction of sp³-hybridized carbons (Fsp3) is 0.529. The molecule has 24 heavy (non-hydrogen) atoms. The third-order valence-corrected chi connectivity index (χ3v) is 4.31. The predicted octanol–water partition coefficient (Wildman–Crippen LogP) is 1.19. The highest BCUT2D eigenvalue weighted by Crippen LogP contribution is 2.30. The number of carbonyl (C=O) groups excluding carboxylic acids is 2. The third kappa shape index (κ3) is 3.55. The fourth-order valence-corrected chi connectivity index (χ4v) is 3.01. The van der Waals surface area contributed by atoms with Crippen molar-refractivity contribution in [1.29, 1.82) is 0 Å². The number of anilines is 1. The zero-order valence-corrected chi connectivity index (χ0v) is 13.9. The lowest BCUT2D eigenvalue weighted by Gasteiger charge is -2.36. The number of benzene rings is 1. The Morgan fingerprint density at radius 2 is 1.79 bits per heavy atom. The summed E-state index contributed by atoms with van der Waals surface area (Å²) in [6.07, 6.45) is -0.299.